The average Bonchev–Trinajstić information content (AvgIpc) is 2.97. The lowest BCUT2D eigenvalue weighted by Crippen LogP contribution is -1.97. The molecule has 14 heavy (non-hydrogen) atoms. The number of rotatable bonds is 2. The van der Waals surface area contributed by atoms with Crippen LogP contribution in [0.5, 0.6) is 0 Å². The molecule has 3 N–H and O–H groups in total. The Kier molecular flexibility index (Phi) is 1.61. The number of H-pyrrole nitrogens is 1. The van der Waals surface area contributed by atoms with Crippen LogP contribution in [0.25, 0.3) is 10.9 Å². The monoisotopic (exact) mass is 187 g/mol. The van der Waals surface area contributed by atoms with Crippen molar-refractivity contribution in [3.63, 3.8) is 0 Å². The summed E-state index contributed by atoms with van der Waals surface area (Å²) in [5.74, 6) is 0.702. The molecule has 0 atom stereocenters. The minimum absolute atomic E-state index is 0.594. The number of benzene rings is 1. The van der Waals surface area contributed by atoms with Gasteiger partial charge in [0.1, 0.15) is 0 Å². The zero-order chi connectivity index (χ0) is 9.54. The second kappa shape index (κ2) is 2.82. The van der Waals surface area contributed by atoms with Gasteiger partial charge in [-0.1, -0.05) is 12.1 Å². The maximum Gasteiger partial charge on any atom is 0.0927 e. The Balaban J connectivity index is 2.29. The van der Waals surface area contributed by atoms with Crippen molar-refractivity contribution in [2.45, 2.75) is 25.3 Å². The molecule has 1 aliphatic rings. The summed E-state index contributed by atoms with van der Waals surface area (Å²) in [6, 6.07) is 6.14. The molecule has 0 bridgehead atoms. The Morgan fingerprint density at radius 3 is 3.00 bits per heavy atom. The fourth-order valence-electron chi connectivity index (χ4n) is 2.00. The third-order valence-electron chi connectivity index (χ3n) is 2.90. The van der Waals surface area contributed by atoms with Crippen LogP contribution in [-0.2, 0) is 6.54 Å². The van der Waals surface area contributed by atoms with Gasteiger partial charge in [-0.3, -0.25) is 5.10 Å². The summed E-state index contributed by atoms with van der Waals surface area (Å²) in [5.41, 5.74) is 9.27. The predicted molar refractivity (Wildman–Crippen MR) is 56.0 cm³/mol. The van der Waals surface area contributed by atoms with Crippen LogP contribution in [0.2, 0.25) is 0 Å². The lowest BCUT2D eigenvalue weighted by atomic mass is 10.1. The number of nitrogens with one attached hydrogen (secondary N) is 1. The van der Waals surface area contributed by atoms with E-state index in [2.05, 4.69) is 16.3 Å². The van der Waals surface area contributed by atoms with E-state index in [9.17, 15) is 0 Å². The van der Waals surface area contributed by atoms with E-state index in [-0.39, 0.29) is 0 Å². The van der Waals surface area contributed by atoms with E-state index in [0.717, 1.165) is 5.52 Å². The van der Waals surface area contributed by atoms with Crippen molar-refractivity contribution in [2.24, 2.45) is 5.73 Å². The lowest BCUT2D eigenvalue weighted by Gasteiger charge is -2.00. The topological polar surface area (TPSA) is 54.7 Å². The van der Waals surface area contributed by atoms with Crippen molar-refractivity contribution in [3.05, 3.63) is 29.5 Å². The van der Waals surface area contributed by atoms with Gasteiger partial charge in [0.2, 0.25) is 0 Å². The summed E-state index contributed by atoms with van der Waals surface area (Å²) in [5, 5.41) is 8.71. The van der Waals surface area contributed by atoms with Gasteiger partial charge in [-0.2, -0.15) is 5.10 Å². The Hall–Kier alpha value is -1.35. The summed E-state index contributed by atoms with van der Waals surface area (Å²) < 4.78 is 0. The van der Waals surface area contributed by atoms with Gasteiger partial charge >= 0.3 is 0 Å². The van der Waals surface area contributed by atoms with Crippen molar-refractivity contribution < 1.29 is 0 Å². The Morgan fingerprint density at radius 2 is 2.29 bits per heavy atom. The molecule has 0 aliphatic heterocycles. The van der Waals surface area contributed by atoms with Gasteiger partial charge in [-0.15, -0.1) is 0 Å². The van der Waals surface area contributed by atoms with Crippen LogP contribution in [0.4, 0.5) is 0 Å². The molecule has 1 aromatic carbocycles. The number of aromatic nitrogens is 2. The average molecular weight is 187 g/mol. The van der Waals surface area contributed by atoms with Gasteiger partial charge in [0.05, 0.1) is 5.52 Å². The molecule has 1 fully saturated rings. The summed E-state index contributed by atoms with van der Waals surface area (Å²) >= 11 is 0. The van der Waals surface area contributed by atoms with Crippen LogP contribution in [0.3, 0.4) is 0 Å². The zero-order valence-electron chi connectivity index (χ0n) is 7.96. The largest absolute Gasteiger partial charge is 0.326 e. The summed E-state index contributed by atoms with van der Waals surface area (Å²) in [7, 11) is 0. The third-order valence-corrected chi connectivity index (χ3v) is 2.90. The molecule has 3 nitrogen and oxygen atoms in total. The third kappa shape index (κ3) is 1.06. The van der Waals surface area contributed by atoms with E-state index >= 15 is 0 Å². The smallest absolute Gasteiger partial charge is 0.0927 e. The van der Waals surface area contributed by atoms with Gasteiger partial charge in [-0.25, -0.2) is 0 Å². The highest BCUT2D eigenvalue weighted by Gasteiger charge is 2.27. The van der Waals surface area contributed by atoms with Gasteiger partial charge in [0, 0.05) is 23.5 Å². The number of nitrogens with two attached hydrogens (primary N) is 1. The predicted octanol–water partition coefficient (Wildman–Crippen LogP) is 1.90. The SMILES string of the molecule is NCc1cccc2n[nH]c(C3CC3)c12. The van der Waals surface area contributed by atoms with Crippen molar-refractivity contribution in [1.82, 2.24) is 10.2 Å². The van der Waals surface area contributed by atoms with Crippen molar-refractivity contribution in [2.75, 3.05) is 0 Å². The fourth-order valence-corrected chi connectivity index (χ4v) is 2.00. The zero-order valence-corrected chi connectivity index (χ0v) is 7.96. The molecule has 72 valence electrons. The van der Waals surface area contributed by atoms with Crippen molar-refractivity contribution >= 4 is 10.9 Å². The van der Waals surface area contributed by atoms with Gasteiger partial charge in [0.15, 0.2) is 0 Å². The van der Waals surface area contributed by atoms with Crippen LogP contribution >= 0.6 is 0 Å². The second-order valence-electron chi connectivity index (χ2n) is 3.93. The molecule has 3 heteroatoms. The van der Waals surface area contributed by atoms with Crippen molar-refractivity contribution in [3.8, 4) is 0 Å². The number of aromatic amines is 1. The Bertz CT molecular complexity index is 468. The van der Waals surface area contributed by atoms with Crippen LogP contribution in [0, 0.1) is 0 Å². The maximum atomic E-state index is 5.72. The first-order chi connectivity index (χ1) is 6.90. The van der Waals surface area contributed by atoms with E-state index in [1.807, 2.05) is 12.1 Å². The molecule has 0 spiro atoms. The standard InChI is InChI=1S/C11H13N3/c12-6-8-2-1-3-9-10(8)11(14-13-9)7-4-5-7/h1-3,7H,4-6,12H2,(H,13,14). The van der Waals surface area contributed by atoms with E-state index in [1.165, 1.54) is 29.5 Å². The Morgan fingerprint density at radius 1 is 1.43 bits per heavy atom. The Labute approximate surface area is 82.3 Å². The first kappa shape index (κ1) is 8.00. The second-order valence-corrected chi connectivity index (χ2v) is 3.93. The van der Waals surface area contributed by atoms with E-state index < -0.39 is 0 Å². The molecular formula is C11H13N3. The molecule has 1 saturated carbocycles. The summed E-state index contributed by atoms with van der Waals surface area (Å²) in [4.78, 5) is 0. The van der Waals surface area contributed by atoms with E-state index in [0.29, 0.717) is 12.5 Å². The van der Waals surface area contributed by atoms with Crippen molar-refractivity contribution in [1.29, 1.82) is 0 Å². The summed E-state index contributed by atoms with van der Waals surface area (Å²) in [6.45, 7) is 0.594. The normalized spacial score (nSPS) is 16.4. The quantitative estimate of drug-likeness (QED) is 0.754. The highest BCUT2D eigenvalue weighted by molar-refractivity contribution is 5.85. The molecular weight excluding hydrogens is 174 g/mol. The van der Waals surface area contributed by atoms with Gasteiger partial charge in [-0.05, 0) is 24.5 Å². The molecule has 0 radical (unpaired) electrons. The van der Waals surface area contributed by atoms with E-state index in [4.69, 9.17) is 5.73 Å². The minimum atomic E-state index is 0.594. The first-order valence-corrected chi connectivity index (χ1v) is 5.06. The number of hydrogen-bond acceptors (Lipinski definition) is 2. The summed E-state index contributed by atoms with van der Waals surface area (Å²) in [6.07, 6.45) is 2.58. The van der Waals surface area contributed by atoms with Gasteiger partial charge in [0.25, 0.3) is 0 Å². The number of nitrogens with zero attached hydrogens (tertiary/aromatic N) is 1. The fraction of sp³-hybridized carbons (Fsp3) is 0.364. The highest BCUT2D eigenvalue weighted by Crippen LogP contribution is 2.42. The van der Waals surface area contributed by atoms with Crippen LogP contribution in [0.15, 0.2) is 18.2 Å². The molecule has 1 heterocycles. The lowest BCUT2D eigenvalue weighted by molar-refractivity contribution is 0.975. The molecule has 2 aromatic rings. The first-order valence-electron chi connectivity index (χ1n) is 5.06. The molecule has 1 aromatic heterocycles. The minimum Gasteiger partial charge on any atom is -0.326 e. The van der Waals surface area contributed by atoms with Crippen LogP contribution in [-0.4, -0.2) is 10.2 Å². The number of fused-ring (bicyclic) bond motifs is 1. The molecule has 3 rings (SSSR count). The highest BCUT2D eigenvalue weighted by atomic mass is 15.1. The molecule has 1 aliphatic carbocycles. The van der Waals surface area contributed by atoms with Crippen LogP contribution in [0.1, 0.15) is 30.0 Å². The number of hydrogen-bond donors (Lipinski definition) is 2. The molecule has 0 unspecified atom stereocenters. The van der Waals surface area contributed by atoms with Gasteiger partial charge < -0.3 is 5.73 Å². The maximum absolute atomic E-state index is 5.72. The van der Waals surface area contributed by atoms with E-state index in [1.54, 1.807) is 0 Å². The molecule has 0 amide bonds. The molecule has 0 saturated heterocycles. The van der Waals surface area contributed by atoms with Crippen LogP contribution < -0.4 is 5.73 Å².